The molecule has 106 valence electrons. The maximum Gasteiger partial charge on any atom is 0.261 e. The Morgan fingerprint density at radius 2 is 1.55 bits per heavy atom. The number of nitrogens with one attached hydrogen (secondary N) is 1. The van der Waals surface area contributed by atoms with Crippen LogP contribution in [0.15, 0.2) is 41.3 Å². The molecule has 0 fully saturated rings. The lowest BCUT2D eigenvalue weighted by Crippen LogP contribution is -2.15. The molecule has 0 heterocycles. The Morgan fingerprint density at radius 1 is 0.950 bits per heavy atom. The van der Waals surface area contributed by atoms with Crippen molar-refractivity contribution in [2.75, 3.05) is 10.5 Å². The smallest absolute Gasteiger partial charge is 0.261 e. The summed E-state index contributed by atoms with van der Waals surface area (Å²) < 4.78 is 27.4. The highest BCUT2D eigenvalue weighted by Crippen LogP contribution is 2.27. The van der Waals surface area contributed by atoms with Crippen LogP contribution in [0.25, 0.3) is 0 Å². The van der Waals surface area contributed by atoms with E-state index in [0.717, 1.165) is 16.7 Å². The second-order valence-corrected chi connectivity index (χ2v) is 6.57. The van der Waals surface area contributed by atoms with Crippen LogP contribution in [0.2, 0.25) is 0 Å². The first-order valence-electron chi connectivity index (χ1n) is 6.26. The van der Waals surface area contributed by atoms with E-state index in [1.165, 1.54) is 0 Å². The SMILES string of the molecule is Cc1ccc(S(=O)(=O)Nc2c(C)ccc(N)c2C)cc1. The number of hydrogen-bond donors (Lipinski definition) is 2. The highest BCUT2D eigenvalue weighted by atomic mass is 32.2. The summed E-state index contributed by atoms with van der Waals surface area (Å²) in [6.07, 6.45) is 0. The molecule has 20 heavy (non-hydrogen) atoms. The molecule has 2 aromatic rings. The van der Waals surface area contributed by atoms with E-state index >= 15 is 0 Å². The van der Waals surface area contributed by atoms with Gasteiger partial charge in [0.2, 0.25) is 0 Å². The fourth-order valence-electron chi connectivity index (χ4n) is 1.93. The Bertz CT molecular complexity index is 735. The molecule has 0 bridgehead atoms. The number of sulfonamides is 1. The summed E-state index contributed by atoms with van der Waals surface area (Å²) in [5.41, 5.74) is 9.54. The Kier molecular flexibility index (Phi) is 3.72. The lowest BCUT2D eigenvalue weighted by Gasteiger charge is -2.15. The molecular formula is C15H18N2O2S. The van der Waals surface area contributed by atoms with Crippen LogP contribution < -0.4 is 10.5 Å². The Balaban J connectivity index is 2.43. The molecule has 0 unspecified atom stereocenters. The van der Waals surface area contributed by atoms with Gasteiger partial charge < -0.3 is 5.73 Å². The quantitative estimate of drug-likeness (QED) is 0.854. The minimum atomic E-state index is -3.60. The summed E-state index contributed by atoms with van der Waals surface area (Å²) in [6.45, 7) is 5.56. The van der Waals surface area contributed by atoms with Crippen molar-refractivity contribution in [1.29, 1.82) is 0 Å². The first-order valence-corrected chi connectivity index (χ1v) is 7.75. The molecule has 0 amide bonds. The van der Waals surface area contributed by atoms with Gasteiger partial charge in [0.1, 0.15) is 0 Å². The Morgan fingerprint density at radius 3 is 2.15 bits per heavy atom. The van der Waals surface area contributed by atoms with Crippen LogP contribution in [0.4, 0.5) is 11.4 Å². The predicted octanol–water partition coefficient (Wildman–Crippen LogP) is 2.99. The van der Waals surface area contributed by atoms with Gasteiger partial charge in [-0.1, -0.05) is 23.8 Å². The predicted molar refractivity (Wildman–Crippen MR) is 82.3 cm³/mol. The van der Waals surface area contributed by atoms with Gasteiger partial charge >= 0.3 is 0 Å². The molecule has 0 aromatic heterocycles. The van der Waals surface area contributed by atoms with Gasteiger partial charge in [-0.3, -0.25) is 4.72 Å². The van der Waals surface area contributed by atoms with Crippen LogP contribution in [0.3, 0.4) is 0 Å². The molecule has 0 saturated heterocycles. The maximum absolute atomic E-state index is 12.4. The summed E-state index contributed by atoms with van der Waals surface area (Å²) >= 11 is 0. The van der Waals surface area contributed by atoms with E-state index in [1.807, 2.05) is 13.8 Å². The third-order valence-corrected chi connectivity index (χ3v) is 4.65. The summed E-state index contributed by atoms with van der Waals surface area (Å²) in [5, 5.41) is 0. The second kappa shape index (κ2) is 5.17. The van der Waals surface area contributed by atoms with E-state index < -0.39 is 10.0 Å². The number of anilines is 2. The monoisotopic (exact) mass is 290 g/mol. The summed E-state index contributed by atoms with van der Waals surface area (Å²) in [7, 11) is -3.60. The Labute approximate surface area is 119 Å². The van der Waals surface area contributed by atoms with Crippen molar-refractivity contribution in [3.05, 3.63) is 53.1 Å². The minimum Gasteiger partial charge on any atom is -0.398 e. The third kappa shape index (κ3) is 2.77. The number of rotatable bonds is 3. The topological polar surface area (TPSA) is 72.2 Å². The van der Waals surface area contributed by atoms with Crippen molar-refractivity contribution in [2.24, 2.45) is 0 Å². The van der Waals surface area contributed by atoms with Crippen LogP contribution in [-0.4, -0.2) is 8.42 Å². The van der Waals surface area contributed by atoms with Gasteiger partial charge in [0.25, 0.3) is 10.0 Å². The highest BCUT2D eigenvalue weighted by molar-refractivity contribution is 7.92. The van der Waals surface area contributed by atoms with Gasteiger partial charge in [-0.05, 0) is 50.1 Å². The molecule has 2 rings (SSSR count). The zero-order valence-corrected chi connectivity index (χ0v) is 12.6. The molecule has 0 aliphatic heterocycles. The number of nitrogens with two attached hydrogens (primary N) is 1. The zero-order valence-electron chi connectivity index (χ0n) is 11.8. The molecule has 3 N–H and O–H groups in total. The average molecular weight is 290 g/mol. The number of benzene rings is 2. The van der Waals surface area contributed by atoms with E-state index in [0.29, 0.717) is 11.4 Å². The lowest BCUT2D eigenvalue weighted by atomic mass is 10.1. The van der Waals surface area contributed by atoms with E-state index in [9.17, 15) is 8.42 Å². The molecule has 5 heteroatoms. The van der Waals surface area contributed by atoms with Gasteiger partial charge in [-0.25, -0.2) is 8.42 Å². The van der Waals surface area contributed by atoms with Gasteiger partial charge in [-0.15, -0.1) is 0 Å². The van der Waals surface area contributed by atoms with Gasteiger partial charge in [0.15, 0.2) is 0 Å². The van der Waals surface area contributed by atoms with Crippen molar-refractivity contribution in [3.8, 4) is 0 Å². The molecule has 0 aliphatic rings. The zero-order chi connectivity index (χ0) is 14.9. The van der Waals surface area contributed by atoms with Gasteiger partial charge in [-0.2, -0.15) is 0 Å². The van der Waals surface area contributed by atoms with Crippen molar-refractivity contribution < 1.29 is 8.42 Å². The minimum absolute atomic E-state index is 0.240. The maximum atomic E-state index is 12.4. The standard InChI is InChI=1S/C15H18N2O2S/c1-10-4-7-13(8-5-10)20(18,19)17-15-11(2)6-9-14(16)12(15)3/h4-9,17H,16H2,1-3H3. The van der Waals surface area contributed by atoms with Crippen LogP contribution in [-0.2, 0) is 10.0 Å². The van der Waals surface area contributed by atoms with Crippen molar-refractivity contribution >= 4 is 21.4 Å². The van der Waals surface area contributed by atoms with E-state index in [1.54, 1.807) is 43.3 Å². The molecule has 0 radical (unpaired) electrons. The van der Waals surface area contributed by atoms with Crippen molar-refractivity contribution in [3.63, 3.8) is 0 Å². The third-order valence-electron chi connectivity index (χ3n) is 3.28. The number of hydrogen-bond acceptors (Lipinski definition) is 3. The van der Waals surface area contributed by atoms with Crippen LogP contribution in [0, 0.1) is 20.8 Å². The lowest BCUT2D eigenvalue weighted by molar-refractivity contribution is 0.601. The van der Waals surface area contributed by atoms with Crippen molar-refractivity contribution in [2.45, 2.75) is 25.7 Å². The van der Waals surface area contributed by atoms with E-state index in [4.69, 9.17) is 5.73 Å². The molecule has 0 aliphatic carbocycles. The summed E-state index contributed by atoms with van der Waals surface area (Å²) in [4.78, 5) is 0.240. The van der Waals surface area contributed by atoms with E-state index in [-0.39, 0.29) is 4.90 Å². The summed E-state index contributed by atoms with van der Waals surface area (Å²) in [5.74, 6) is 0. The first kappa shape index (κ1) is 14.4. The van der Waals surface area contributed by atoms with Crippen LogP contribution in [0.1, 0.15) is 16.7 Å². The first-order chi connectivity index (χ1) is 9.31. The second-order valence-electron chi connectivity index (χ2n) is 4.89. The molecule has 0 saturated carbocycles. The Hall–Kier alpha value is -2.01. The van der Waals surface area contributed by atoms with Gasteiger partial charge in [0.05, 0.1) is 10.6 Å². The molecule has 2 aromatic carbocycles. The average Bonchev–Trinajstić information content (AvgIpc) is 2.40. The normalized spacial score (nSPS) is 11.3. The van der Waals surface area contributed by atoms with Crippen LogP contribution in [0.5, 0.6) is 0 Å². The molecule has 0 spiro atoms. The molecular weight excluding hydrogens is 272 g/mol. The van der Waals surface area contributed by atoms with Crippen LogP contribution >= 0.6 is 0 Å². The summed E-state index contributed by atoms with van der Waals surface area (Å²) in [6, 6.07) is 10.3. The molecule has 0 atom stereocenters. The van der Waals surface area contributed by atoms with Gasteiger partial charge in [0, 0.05) is 5.69 Å². The van der Waals surface area contributed by atoms with E-state index in [2.05, 4.69) is 4.72 Å². The fraction of sp³-hybridized carbons (Fsp3) is 0.200. The number of aryl methyl sites for hydroxylation is 2. The molecule has 4 nitrogen and oxygen atoms in total. The highest BCUT2D eigenvalue weighted by Gasteiger charge is 2.17. The largest absolute Gasteiger partial charge is 0.398 e. The fourth-order valence-corrected chi connectivity index (χ4v) is 3.13. The number of nitrogen functional groups attached to an aromatic ring is 1. The van der Waals surface area contributed by atoms with Crippen molar-refractivity contribution in [1.82, 2.24) is 0 Å².